The Morgan fingerprint density at radius 1 is 1.30 bits per heavy atom. The largest absolute Gasteiger partial charge is 0.508 e. The van der Waals surface area contributed by atoms with Gasteiger partial charge >= 0.3 is 0 Å². The summed E-state index contributed by atoms with van der Waals surface area (Å²) in [5.74, 6) is 0.639. The van der Waals surface area contributed by atoms with Gasteiger partial charge in [0.25, 0.3) is 0 Å². The van der Waals surface area contributed by atoms with Gasteiger partial charge in [0.05, 0.1) is 5.88 Å². The summed E-state index contributed by atoms with van der Waals surface area (Å²) < 4.78 is 0. The average Bonchev–Trinajstić information content (AvgIpc) is 1.89. The molecule has 0 unspecified atom stereocenters. The molecule has 0 radical (unpaired) electrons. The molecule has 0 aliphatic rings. The van der Waals surface area contributed by atoms with Crippen LogP contribution in [0.25, 0.3) is 0 Å². The standard InChI is InChI=1S/C7H7ClO.Zr/c8-5-6-3-1-2-4-7(6)9;/h1-4,9H,5H2;. The molecule has 0 heterocycles. The van der Waals surface area contributed by atoms with Gasteiger partial charge in [0.15, 0.2) is 0 Å². The van der Waals surface area contributed by atoms with Crippen LogP contribution in [0.2, 0.25) is 0 Å². The van der Waals surface area contributed by atoms with E-state index in [4.69, 9.17) is 16.7 Å². The molecule has 1 nitrogen and oxygen atoms in total. The minimum Gasteiger partial charge on any atom is -0.508 e. The first-order chi connectivity index (χ1) is 4.34. The number of rotatable bonds is 1. The number of phenolic OH excluding ortho intramolecular Hbond substituents is 1. The van der Waals surface area contributed by atoms with Crippen LogP contribution in [0.5, 0.6) is 5.75 Å². The number of hydrogen-bond acceptors (Lipinski definition) is 1. The summed E-state index contributed by atoms with van der Waals surface area (Å²) in [6, 6.07) is 7.03. The molecule has 0 bridgehead atoms. The minimum absolute atomic E-state index is 0. The molecule has 10 heavy (non-hydrogen) atoms. The number of alkyl halides is 1. The Morgan fingerprint density at radius 3 is 2.30 bits per heavy atom. The second kappa shape index (κ2) is 4.93. The monoisotopic (exact) mass is 232 g/mol. The molecule has 0 saturated heterocycles. The van der Waals surface area contributed by atoms with Gasteiger partial charge in [0.1, 0.15) is 5.75 Å². The first-order valence-electron chi connectivity index (χ1n) is 2.67. The first-order valence-corrected chi connectivity index (χ1v) is 3.21. The Balaban J connectivity index is 0.000000810. The predicted octanol–water partition coefficient (Wildman–Crippen LogP) is 2.13. The fourth-order valence-corrected chi connectivity index (χ4v) is 0.850. The van der Waals surface area contributed by atoms with Gasteiger partial charge in [-0.1, -0.05) is 18.2 Å². The quantitative estimate of drug-likeness (QED) is 0.737. The van der Waals surface area contributed by atoms with Crippen LogP contribution in [0.3, 0.4) is 0 Å². The van der Waals surface area contributed by atoms with E-state index in [9.17, 15) is 0 Å². The van der Waals surface area contributed by atoms with Crippen LogP contribution in [0, 0.1) is 0 Å². The first kappa shape index (κ1) is 10.2. The summed E-state index contributed by atoms with van der Waals surface area (Å²) in [6.07, 6.45) is 0. The maximum absolute atomic E-state index is 9.03. The van der Waals surface area contributed by atoms with Crippen LogP contribution in [0.1, 0.15) is 5.56 Å². The number of aromatic hydroxyl groups is 1. The summed E-state index contributed by atoms with van der Waals surface area (Å²) >= 11 is 5.47. The van der Waals surface area contributed by atoms with Crippen molar-refractivity contribution in [3.8, 4) is 5.75 Å². The Morgan fingerprint density at radius 2 is 1.90 bits per heavy atom. The van der Waals surface area contributed by atoms with Crippen molar-refractivity contribution in [2.75, 3.05) is 0 Å². The number of benzene rings is 1. The molecule has 0 aromatic heterocycles. The van der Waals surface area contributed by atoms with Gasteiger partial charge in [-0.15, -0.1) is 11.6 Å². The zero-order chi connectivity index (χ0) is 6.69. The van der Waals surface area contributed by atoms with E-state index in [1.807, 2.05) is 6.07 Å². The van der Waals surface area contributed by atoms with E-state index in [-0.39, 0.29) is 32.0 Å². The molecule has 0 spiro atoms. The molecule has 1 N–H and O–H groups in total. The van der Waals surface area contributed by atoms with Crippen LogP contribution < -0.4 is 0 Å². The van der Waals surface area contributed by atoms with Crippen molar-refractivity contribution in [2.45, 2.75) is 5.88 Å². The molecule has 1 aromatic rings. The fourth-order valence-electron chi connectivity index (χ4n) is 0.624. The molecule has 1 rings (SSSR count). The normalized spacial score (nSPS) is 8.50. The molecular weight excluding hydrogens is 227 g/mol. The van der Waals surface area contributed by atoms with E-state index in [1.165, 1.54) is 0 Å². The van der Waals surface area contributed by atoms with Gasteiger partial charge in [0, 0.05) is 31.8 Å². The Hall–Kier alpha value is 0.193. The molecule has 1 aromatic carbocycles. The second-order valence-corrected chi connectivity index (χ2v) is 2.03. The van der Waals surface area contributed by atoms with Crippen LogP contribution in [0.4, 0.5) is 0 Å². The predicted molar refractivity (Wildman–Crippen MR) is 37.7 cm³/mol. The maximum atomic E-state index is 9.03. The Bertz CT molecular complexity index is 203. The SMILES string of the molecule is Oc1ccccc1CCl.[Zr]. The van der Waals surface area contributed by atoms with E-state index < -0.39 is 0 Å². The molecule has 52 valence electrons. The number of halogens is 1. The summed E-state index contributed by atoms with van der Waals surface area (Å²) in [5, 5.41) is 9.03. The smallest absolute Gasteiger partial charge is 0.119 e. The van der Waals surface area contributed by atoms with E-state index in [0.717, 1.165) is 5.56 Å². The zero-order valence-electron chi connectivity index (χ0n) is 5.34. The third-order valence-electron chi connectivity index (χ3n) is 1.14. The van der Waals surface area contributed by atoms with Crippen molar-refractivity contribution in [1.82, 2.24) is 0 Å². The summed E-state index contributed by atoms with van der Waals surface area (Å²) in [5.41, 5.74) is 0.777. The number of phenols is 1. The molecule has 3 heteroatoms. The van der Waals surface area contributed by atoms with Crippen molar-refractivity contribution < 1.29 is 31.3 Å². The van der Waals surface area contributed by atoms with Gasteiger partial charge in [-0.05, 0) is 6.07 Å². The molecule has 0 saturated carbocycles. The molecule has 0 aliphatic heterocycles. The van der Waals surface area contributed by atoms with Crippen molar-refractivity contribution in [1.29, 1.82) is 0 Å². The van der Waals surface area contributed by atoms with Gasteiger partial charge < -0.3 is 5.11 Å². The summed E-state index contributed by atoms with van der Waals surface area (Å²) in [7, 11) is 0. The van der Waals surface area contributed by atoms with Crippen molar-refractivity contribution >= 4 is 11.6 Å². The second-order valence-electron chi connectivity index (χ2n) is 1.76. The van der Waals surface area contributed by atoms with Gasteiger partial charge in [-0.25, -0.2) is 0 Å². The van der Waals surface area contributed by atoms with E-state index >= 15 is 0 Å². The van der Waals surface area contributed by atoms with Crippen LogP contribution in [-0.2, 0) is 32.1 Å². The van der Waals surface area contributed by atoms with Gasteiger partial charge in [0.2, 0.25) is 0 Å². The topological polar surface area (TPSA) is 20.2 Å². The van der Waals surface area contributed by atoms with Crippen LogP contribution in [-0.4, -0.2) is 5.11 Å². The number of para-hydroxylation sites is 1. The molecule has 0 fully saturated rings. The summed E-state index contributed by atoms with van der Waals surface area (Å²) in [6.45, 7) is 0. The van der Waals surface area contributed by atoms with Crippen molar-refractivity contribution in [3.63, 3.8) is 0 Å². The van der Waals surface area contributed by atoms with E-state index in [1.54, 1.807) is 18.2 Å². The maximum Gasteiger partial charge on any atom is 0.119 e. The van der Waals surface area contributed by atoms with E-state index in [0.29, 0.717) is 5.88 Å². The van der Waals surface area contributed by atoms with Gasteiger partial charge in [-0.3, -0.25) is 0 Å². The van der Waals surface area contributed by atoms with Crippen molar-refractivity contribution in [2.24, 2.45) is 0 Å². The average molecular weight is 234 g/mol. The molecule has 0 atom stereocenters. The third kappa shape index (κ3) is 2.44. The third-order valence-corrected chi connectivity index (χ3v) is 1.42. The summed E-state index contributed by atoms with van der Waals surface area (Å²) in [4.78, 5) is 0. The molecule has 0 aliphatic carbocycles. The van der Waals surface area contributed by atoms with Gasteiger partial charge in [-0.2, -0.15) is 0 Å². The molecular formula is C7H7ClOZr. The number of hydrogen-bond donors (Lipinski definition) is 1. The fraction of sp³-hybridized carbons (Fsp3) is 0.143. The van der Waals surface area contributed by atoms with Crippen LogP contribution >= 0.6 is 11.6 Å². The minimum atomic E-state index is 0. The zero-order valence-corrected chi connectivity index (χ0v) is 8.56. The van der Waals surface area contributed by atoms with E-state index in [2.05, 4.69) is 0 Å². The van der Waals surface area contributed by atoms with Crippen LogP contribution in [0.15, 0.2) is 24.3 Å². The van der Waals surface area contributed by atoms with Crippen molar-refractivity contribution in [3.05, 3.63) is 29.8 Å². The molecule has 0 amide bonds. The Labute approximate surface area is 84.1 Å². The Kier molecular flexibility index (Phi) is 5.02.